The van der Waals surface area contributed by atoms with Crippen LogP contribution >= 0.6 is 0 Å². The number of rotatable bonds is 4. The highest BCUT2D eigenvalue weighted by molar-refractivity contribution is 5.74. The number of aryl methyl sites for hydroxylation is 2. The predicted octanol–water partition coefficient (Wildman–Crippen LogP) is 0.943. The molecule has 2 heterocycles. The van der Waals surface area contributed by atoms with Gasteiger partial charge >= 0.3 is 5.97 Å². The van der Waals surface area contributed by atoms with Gasteiger partial charge in [-0.3, -0.25) is 9.69 Å². The van der Waals surface area contributed by atoms with Crippen LogP contribution in [0.25, 0.3) is 0 Å². The SMILES string of the molecule is CCCc1cc(N2CCN(C)[C@H](C(=O)O)C2)nc(C)n1. The van der Waals surface area contributed by atoms with E-state index >= 15 is 0 Å². The van der Waals surface area contributed by atoms with Gasteiger partial charge in [-0.05, 0) is 20.4 Å². The van der Waals surface area contributed by atoms with Crippen molar-refractivity contribution < 1.29 is 9.90 Å². The average Bonchev–Trinajstić information content (AvgIpc) is 2.38. The molecular formula is C14H22N4O2. The van der Waals surface area contributed by atoms with Crippen LogP contribution in [0.3, 0.4) is 0 Å². The number of aromatic nitrogens is 2. The van der Waals surface area contributed by atoms with E-state index in [2.05, 4.69) is 16.9 Å². The van der Waals surface area contributed by atoms with Crippen LogP contribution in [0.4, 0.5) is 5.82 Å². The summed E-state index contributed by atoms with van der Waals surface area (Å²) in [6.45, 7) is 5.99. The van der Waals surface area contributed by atoms with E-state index in [1.807, 2.05) is 29.8 Å². The summed E-state index contributed by atoms with van der Waals surface area (Å²) < 4.78 is 0. The van der Waals surface area contributed by atoms with Crippen LogP contribution in [-0.4, -0.2) is 58.7 Å². The van der Waals surface area contributed by atoms with E-state index in [4.69, 9.17) is 0 Å². The highest BCUT2D eigenvalue weighted by Crippen LogP contribution is 2.18. The number of piperazine rings is 1. The zero-order chi connectivity index (χ0) is 14.7. The first-order chi connectivity index (χ1) is 9.51. The Balaban J connectivity index is 2.20. The first kappa shape index (κ1) is 14.7. The van der Waals surface area contributed by atoms with Gasteiger partial charge in [0.15, 0.2) is 0 Å². The van der Waals surface area contributed by atoms with Crippen molar-refractivity contribution in [2.24, 2.45) is 0 Å². The quantitative estimate of drug-likeness (QED) is 0.884. The van der Waals surface area contributed by atoms with Crippen molar-refractivity contribution in [2.75, 3.05) is 31.6 Å². The van der Waals surface area contributed by atoms with Crippen LogP contribution < -0.4 is 4.90 Å². The van der Waals surface area contributed by atoms with Gasteiger partial charge in [-0.15, -0.1) is 0 Å². The second-order valence-corrected chi connectivity index (χ2v) is 5.30. The Hall–Kier alpha value is -1.69. The minimum Gasteiger partial charge on any atom is -0.480 e. The number of carboxylic acid groups (broad SMARTS) is 1. The molecule has 1 N–H and O–H groups in total. The summed E-state index contributed by atoms with van der Waals surface area (Å²) in [5, 5.41) is 9.27. The summed E-state index contributed by atoms with van der Waals surface area (Å²) in [6, 6.07) is 1.51. The van der Waals surface area contributed by atoms with Crippen LogP contribution in [0.2, 0.25) is 0 Å². The van der Waals surface area contributed by atoms with E-state index < -0.39 is 12.0 Å². The molecule has 0 radical (unpaired) electrons. The molecule has 1 aromatic heterocycles. The van der Waals surface area contributed by atoms with Gasteiger partial charge in [-0.25, -0.2) is 9.97 Å². The molecule has 6 nitrogen and oxygen atoms in total. The summed E-state index contributed by atoms with van der Waals surface area (Å²) >= 11 is 0. The Bertz CT molecular complexity index is 492. The third kappa shape index (κ3) is 3.25. The van der Waals surface area contributed by atoms with Crippen LogP contribution in [0, 0.1) is 6.92 Å². The molecule has 6 heteroatoms. The van der Waals surface area contributed by atoms with Crippen molar-refractivity contribution in [3.63, 3.8) is 0 Å². The van der Waals surface area contributed by atoms with Crippen LogP contribution in [0.1, 0.15) is 24.9 Å². The van der Waals surface area contributed by atoms with Gasteiger partial charge < -0.3 is 10.0 Å². The molecule has 1 atom stereocenters. The van der Waals surface area contributed by atoms with E-state index in [9.17, 15) is 9.90 Å². The first-order valence-electron chi connectivity index (χ1n) is 7.03. The van der Waals surface area contributed by atoms with Crippen LogP contribution in [-0.2, 0) is 11.2 Å². The molecule has 0 unspecified atom stereocenters. The predicted molar refractivity (Wildman–Crippen MR) is 77.0 cm³/mol. The molecule has 1 saturated heterocycles. The molecule has 1 fully saturated rings. The Morgan fingerprint density at radius 1 is 1.45 bits per heavy atom. The van der Waals surface area contributed by atoms with Gasteiger partial charge in [0.2, 0.25) is 0 Å². The minimum atomic E-state index is -0.781. The van der Waals surface area contributed by atoms with Crippen molar-refractivity contribution in [3.8, 4) is 0 Å². The summed E-state index contributed by atoms with van der Waals surface area (Å²) in [7, 11) is 1.85. The normalized spacial score (nSPS) is 20.1. The van der Waals surface area contributed by atoms with Crippen LogP contribution in [0.5, 0.6) is 0 Å². The number of hydrogen-bond acceptors (Lipinski definition) is 5. The van der Waals surface area contributed by atoms with E-state index in [0.717, 1.165) is 43.3 Å². The second-order valence-electron chi connectivity index (χ2n) is 5.30. The number of hydrogen-bond donors (Lipinski definition) is 1. The molecule has 110 valence electrons. The Kier molecular flexibility index (Phi) is 4.54. The largest absolute Gasteiger partial charge is 0.480 e. The number of carboxylic acids is 1. The lowest BCUT2D eigenvalue weighted by Gasteiger charge is -2.37. The summed E-state index contributed by atoms with van der Waals surface area (Å²) in [4.78, 5) is 24.1. The molecule has 0 aromatic carbocycles. The van der Waals surface area contributed by atoms with E-state index in [-0.39, 0.29) is 0 Å². The monoisotopic (exact) mass is 278 g/mol. The number of nitrogens with zero attached hydrogens (tertiary/aromatic N) is 4. The van der Waals surface area contributed by atoms with E-state index in [1.54, 1.807) is 0 Å². The standard InChI is InChI=1S/C14H22N4O2/c1-4-5-11-8-13(16-10(2)15-11)18-7-6-17(3)12(9-18)14(19)20/h8,12H,4-7,9H2,1-3H3,(H,19,20)/t12-/m0/s1. The van der Waals surface area contributed by atoms with Gasteiger partial charge in [0.05, 0.1) is 0 Å². The number of aliphatic carboxylic acids is 1. The minimum absolute atomic E-state index is 0.466. The Morgan fingerprint density at radius 2 is 2.20 bits per heavy atom. The van der Waals surface area contributed by atoms with Gasteiger partial charge in [0, 0.05) is 31.4 Å². The maximum absolute atomic E-state index is 11.3. The summed E-state index contributed by atoms with van der Waals surface area (Å²) in [5.74, 6) is 0.814. The molecule has 0 saturated carbocycles. The molecule has 0 aliphatic carbocycles. The molecular weight excluding hydrogens is 256 g/mol. The molecule has 0 amide bonds. The van der Waals surface area contributed by atoms with Crippen LogP contribution in [0.15, 0.2) is 6.07 Å². The lowest BCUT2D eigenvalue weighted by molar-refractivity contribution is -0.142. The lowest BCUT2D eigenvalue weighted by Crippen LogP contribution is -2.55. The fourth-order valence-corrected chi connectivity index (χ4v) is 2.51. The number of anilines is 1. The highest BCUT2D eigenvalue weighted by Gasteiger charge is 2.30. The summed E-state index contributed by atoms with van der Waals surface area (Å²) in [5.41, 5.74) is 1.03. The zero-order valence-electron chi connectivity index (χ0n) is 12.3. The van der Waals surface area contributed by atoms with E-state index in [1.165, 1.54) is 0 Å². The van der Waals surface area contributed by atoms with Gasteiger partial charge in [0.25, 0.3) is 0 Å². The molecule has 2 rings (SSSR count). The van der Waals surface area contributed by atoms with E-state index in [0.29, 0.717) is 6.54 Å². The molecule has 0 spiro atoms. The first-order valence-corrected chi connectivity index (χ1v) is 7.03. The number of carbonyl (C=O) groups is 1. The lowest BCUT2D eigenvalue weighted by atomic mass is 10.1. The van der Waals surface area contributed by atoms with Crippen molar-refractivity contribution in [3.05, 3.63) is 17.6 Å². The maximum atomic E-state index is 11.3. The van der Waals surface area contributed by atoms with Gasteiger partial charge in [-0.1, -0.05) is 13.3 Å². The fourth-order valence-electron chi connectivity index (χ4n) is 2.51. The van der Waals surface area contributed by atoms with Crippen molar-refractivity contribution in [1.82, 2.24) is 14.9 Å². The molecule has 20 heavy (non-hydrogen) atoms. The van der Waals surface area contributed by atoms with Crippen molar-refractivity contribution >= 4 is 11.8 Å². The smallest absolute Gasteiger partial charge is 0.322 e. The highest BCUT2D eigenvalue weighted by atomic mass is 16.4. The zero-order valence-corrected chi connectivity index (χ0v) is 12.3. The van der Waals surface area contributed by atoms with Crippen molar-refractivity contribution in [2.45, 2.75) is 32.7 Å². The fraction of sp³-hybridized carbons (Fsp3) is 0.643. The molecule has 1 aliphatic heterocycles. The van der Waals surface area contributed by atoms with Gasteiger partial charge in [0.1, 0.15) is 17.7 Å². The molecule has 0 bridgehead atoms. The maximum Gasteiger partial charge on any atom is 0.322 e. The number of likely N-dealkylation sites (N-methyl/N-ethyl adjacent to an activating group) is 1. The molecule has 1 aliphatic rings. The Morgan fingerprint density at radius 3 is 2.85 bits per heavy atom. The average molecular weight is 278 g/mol. The second kappa shape index (κ2) is 6.17. The summed E-state index contributed by atoms with van der Waals surface area (Å²) in [6.07, 6.45) is 1.96. The molecule has 1 aromatic rings. The Labute approximate surface area is 119 Å². The van der Waals surface area contributed by atoms with Gasteiger partial charge in [-0.2, -0.15) is 0 Å². The third-order valence-electron chi connectivity index (χ3n) is 3.64. The van der Waals surface area contributed by atoms with Crippen molar-refractivity contribution in [1.29, 1.82) is 0 Å². The third-order valence-corrected chi connectivity index (χ3v) is 3.64. The topological polar surface area (TPSA) is 69.6 Å².